The Morgan fingerprint density at radius 1 is 1.18 bits per heavy atom. The first kappa shape index (κ1) is 18.5. The highest BCUT2D eigenvalue weighted by atomic mass is 32.1. The van der Waals surface area contributed by atoms with Crippen LogP contribution in [0.4, 0.5) is 4.39 Å². The Bertz CT molecular complexity index is 1030. The fraction of sp³-hybridized carbons (Fsp3) is 0.150. The zero-order valence-electron chi connectivity index (χ0n) is 14.7. The van der Waals surface area contributed by atoms with Crippen molar-refractivity contribution in [2.45, 2.75) is 18.9 Å². The van der Waals surface area contributed by atoms with Crippen LogP contribution < -0.4 is 5.32 Å². The van der Waals surface area contributed by atoms with Crippen molar-refractivity contribution in [2.75, 3.05) is 0 Å². The number of carbonyl (C=O) groups is 1. The molecule has 4 rings (SSSR count). The van der Waals surface area contributed by atoms with Gasteiger partial charge in [0, 0.05) is 28.7 Å². The summed E-state index contributed by atoms with van der Waals surface area (Å²) in [7, 11) is 0. The van der Waals surface area contributed by atoms with E-state index in [0.29, 0.717) is 18.1 Å². The van der Waals surface area contributed by atoms with Gasteiger partial charge in [0.05, 0.1) is 6.04 Å². The van der Waals surface area contributed by atoms with Crippen molar-refractivity contribution >= 4 is 28.6 Å². The molecule has 1 amide bonds. The van der Waals surface area contributed by atoms with Crippen molar-refractivity contribution in [3.05, 3.63) is 80.8 Å². The van der Waals surface area contributed by atoms with E-state index in [1.165, 1.54) is 23.5 Å². The highest BCUT2D eigenvalue weighted by Gasteiger charge is 2.19. The minimum absolute atomic E-state index is 0.141. The highest BCUT2D eigenvalue weighted by molar-refractivity contribution is 7.10. The first-order chi connectivity index (χ1) is 13.7. The van der Waals surface area contributed by atoms with Gasteiger partial charge in [0.15, 0.2) is 0 Å². The van der Waals surface area contributed by atoms with Gasteiger partial charge in [0.25, 0.3) is 0 Å². The van der Waals surface area contributed by atoms with Gasteiger partial charge in [-0.15, -0.1) is 11.3 Å². The van der Waals surface area contributed by atoms with Gasteiger partial charge >= 0.3 is 0 Å². The van der Waals surface area contributed by atoms with E-state index in [1.54, 1.807) is 23.5 Å². The lowest BCUT2D eigenvalue weighted by atomic mass is 10.0. The predicted molar refractivity (Wildman–Crippen MR) is 107 cm³/mol. The second kappa shape index (κ2) is 8.45. The van der Waals surface area contributed by atoms with E-state index in [9.17, 15) is 9.18 Å². The molecule has 142 valence electrons. The first-order valence-electron chi connectivity index (χ1n) is 8.62. The smallest absolute Gasteiger partial charge is 0.227 e. The van der Waals surface area contributed by atoms with Gasteiger partial charge in [0.2, 0.25) is 17.6 Å². The van der Waals surface area contributed by atoms with Crippen molar-refractivity contribution in [3.8, 4) is 11.4 Å². The number of aromatic nitrogens is 2. The average Bonchev–Trinajstić information content (AvgIpc) is 3.47. The van der Waals surface area contributed by atoms with Crippen LogP contribution in [0.5, 0.6) is 0 Å². The second-order valence-electron chi connectivity index (χ2n) is 6.09. The van der Waals surface area contributed by atoms with Crippen LogP contribution in [-0.4, -0.2) is 16.0 Å². The number of rotatable bonds is 7. The second-order valence-corrected chi connectivity index (χ2v) is 7.85. The minimum atomic E-state index is -0.322. The van der Waals surface area contributed by atoms with Crippen LogP contribution in [0.2, 0.25) is 0 Å². The quantitative estimate of drug-likeness (QED) is 0.471. The average molecular weight is 413 g/mol. The Balaban J connectivity index is 1.41. The van der Waals surface area contributed by atoms with Gasteiger partial charge in [-0.25, -0.2) is 4.39 Å². The van der Waals surface area contributed by atoms with Crippen molar-refractivity contribution in [2.24, 2.45) is 0 Å². The molecular formula is C20H16FN3O2S2. The summed E-state index contributed by atoms with van der Waals surface area (Å²) in [6.45, 7) is 0. The molecule has 28 heavy (non-hydrogen) atoms. The van der Waals surface area contributed by atoms with Crippen LogP contribution in [-0.2, 0) is 11.2 Å². The van der Waals surface area contributed by atoms with Gasteiger partial charge in [-0.1, -0.05) is 23.4 Å². The molecule has 0 radical (unpaired) electrons. The molecule has 8 heteroatoms. The molecule has 0 aliphatic rings. The zero-order chi connectivity index (χ0) is 19.3. The van der Waals surface area contributed by atoms with Gasteiger partial charge in [-0.2, -0.15) is 16.3 Å². The summed E-state index contributed by atoms with van der Waals surface area (Å²) >= 11 is 3.10. The number of halogens is 1. The van der Waals surface area contributed by atoms with Crippen LogP contribution in [0.1, 0.15) is 28.8 Å². The standard InChI is InChI=1S/C20H16FN3O2S2/c21-15-5-3-13(4-6-15)19(16-2-1-10-28-16)22-17(25)7-8-18-23-20(24-26-18)14-9-11-27-12-14/h1-6,9-12,19H,7-8H2,(H,22,25). The number of nitrogens with zero attached hydrogens (tertiary/aromatic N) is 2. The summed E-state index contributed by atoms with van der Waals surface area (Å²) in [6, 6.07) is 11.6. The Kier molecular flexibility index (Phi) is 5.59. The lowest BCUT2D eigenvalue weighted by molar-refractivity contribution is -0.121. The molecule has 5 nitrogen and oxygen atoms in total. The third kappa shape index (κ3) is 4.35. The monoisotopic (exact) mass is 413 g/mol. The molecule has 1 atom stereocenters. The molecule has 1 unspecified atom stereocenters. The largest absolute Gasteiger partial charge is 0.344 e. The third-order valence-corrected chi connectivity index (χ3v) is 5.77. The number of amides is 1. The maximum absolute atomic E-state index is 13.3. The molecule has 1 N–H and O–H groups in total. The molecule has 0 saturated carbocycles. The molecule has 0 saturated heterocycles. The summed E-state index contributed by atoms with van der Waals surface area (Å²) < 4.78 is 18.5. The topological polar surface area (TPSA) is 68.0 Å². The summed E-state index contributed by atoms with van der Waals surface area (Å²) in [4.78, 5) is 17.8. The summed E-state index contributed by atoms with van der Waals surface area (Å²) in [5.41, 5.74) is 1.73. The number of aryl methyl sites for hydroxylation is 1. The highest BCUT2D eigenvalue weighted by Crippen LogP contribution is 2.26. The molecule has 4 aromatic rings. The molecule has 1 aromatic carbocycles. The van der Waals surface area contributed by atoms with Crippen molar-refractivity contribution in [1.29, 1.82) is 0 Å². The molecule has 0 aliphatic carbocycles. The van der Waals surface area contributed by atoms with Gasteiger partial charge < -0.3 is 9.84 Å². The van der Waals surface area contributed by atoms with Gasteiger partial charge in [0.1, 0.15) is 5.82 Å². The number of nitrogens with one attached hydrogen (secondary N) is 1. The molecule has 0 aliphatic heterocycles. The number of carbonyl (C=O) groups excluding carboxylic acids is 1. The van der Waals surface area contributed by atoms with Crippen LogP contribution in [0.25, 0.3) is 11.4 Å². The fourth-order valence-corrected chi connectivity index (χ4v) is 4.19. The molecule has 0 bridgehead atoms. The Morgan fingerprint density at radius 2 is 2.04 bits per heavy atom. The van der Waals surface area contributed by atoms with Crippen LogP contribution in [0, 0.1) is 5.82 Å². The number of thiophene rings is 2. The maximum Gasteiger partial charge on any atom is 0.227 e. The van der Waals surface area contributed by atoms with E-state index in [0.717, 1.165) is 16.0 Å². The van der Waals surface area contributed by atoms with E-state index in [-0.39, 0.29) is 24.2 Å². The van der Waals surface area contributed by atoms with Crippen molar-refractivity contribution < 1.29 is 13.7 Å². The number of hydrogen-bond acceptors (Lipinski definition) is 6. The van der Waals surface area contributed by atoms with E-state index >= 15 is 0 Å². The number of benzene rings is 1. The molecular weight excluding hydrogens is 397 g/mol. The van der Waals surface area contributed by atoms with Crippen LogP contribution >= 0.6 is 22.7 Å². The lowest BCUT2D eigenvalue weighted by Gasteiger charge is -2.18. The summed E-state index contributed by atoms with van der Waals surface area (Å²) in [5.74, 6) is 0.501. The van der Waals surface area contributed by atoms with E-state index in [1.807, 2.05) is 34.3 Å². The van der Waals surface area contributed by atoms with E-state index < -0.39 is 0 Å². The molecule has 3 aromatic heterocycles. The number of hydrogen-bond donors (Lipinski definition) is 1. The summed E-state index contributed by atoms with van der Waals surface area (Å²) in [5, 5.41) is 12.8. The van der Waals surface area contributed by atoms with Gasteiger partial charge in [-0.3, -0.25) is 4.79 Å². The van der Waals surface area contributed by atoms with E-state index in [2.05, 4.69) is 15.5 Å². The SMILES string of the molecule is O=C(CCc1nc(-c2ccsc2)no1)NC(c1ccc(F)cc1)c1cccs1. The molecule has 0 fully saturated rings. The normalized spacial score (nSPS) is 12.0. The molecule has 3 heterocycles. The minimum Gasteiger partial charge on any atom is -0.344 e. The lowest BCUT2D eigenvalue weighted by Crippen LogP contribution is -2.29. The van der Waals surface area contributed by atoms with Crippen molar-refractivity contribution in [1.82, 2.24) is 15.5 Å². The van der Waals surface area contributed by atoms with Crippen LogP contribution in [0.3, 0.4) is 0 Å². The Hall–Kier alpha value is -2.84. The molecule has 0 spiro atoms. The maximum atomic E-state index is 13.3. The first-order valence-corrected chi connectivity index (χ1v) is 10.4. The van der Waals surface area contributed by atoms with Crippen LogP contribution in [0.15, 0.2) is 63.1 Å². The predicted octanol–water partition coefficient (Wildman–Crippen LogP) is 4.84. The Morgan fingerprint density at radius 3 is 2.75 bits per heavy atom. The summed E-state index contributed by atoms with van der Waals surface area (Å²) in [6.07, 6.45) is 0.567. The zero-order valence-corrected chi connectivity index (χ0v) is 16.3. The van der Waals surface area contributed by atoms with E-state index in [4.69, 9.17) is 4.52 Å². The van der Waals surface area contributed by atoms with Crippen molar-refractivity contribution in [3.63, 3.8) is 0 Å². The third-order valence-electron chi connectivity index (χ3n) is 4.15. The Labute approximate surface area is 168 Å². The van der Waals surface area contributed by atoms with Gasteiger partial charge in [-0.05, 0) is 40.6 Å². The fourth-order valence-electron chi connectivity index (χ4n) is 2.75.